The number of rotatable bonds is 6. The van der Waals surface area contributed by atoms with Crippen molar-refractivity contribution in [2.75, 3.05) is 32.1 Å². The van der Waals surface area contributed by atoms with Crippen molar-refractivity contribution in [2.45, 2.75) is 36.6 Å². The Kier molecular flexibility index (Phi) is 7.82. The minimum atomic E-state index is -0.711. The summed E-state index contributed by atoms with van der Waals surface area (Å²) in [4.78, 5) is 40.5. The molecule has 1 amide bonds. The highest BCUT2D eigenvalue weighted by molar-refractivity contribution is 7.99. The molecular weight excluding hydrogens is 613 g/mol. The number of amides is 1. The molecule has 5 aromatic rings. The van der Waals surface area contributed by atoms with E-state index in [1.54, 1.807) is 28.3 Å². The maximum atomic E-state index is 14.5. The summed E-state index contributed by atoms with van der Waals surface area (Å²) in [5, 5.41) is 1.93. The zero-order valence-electron chi connectivity index (χ0n) is 26.4. The van der Waals surface area contributed by atoms with Crippen molar-refractivity contribution in [1.29, 1.82) is 0 Å². The van der Waals surface area contributed by atoms with Crippen LogP contribution in [0.1, 0.15) is 37.9 Å². The number of ether oxygens (including phenoxy) is 1. The van der Waals surface area contributed by atoms with Crippen LogP contribution < -0.4 is 24.5 Å². The number of aromatic nitrogens is 1. The number of fused-ring (bicyclic) bond motifs is 4. The molecule has 2 aliphatic rings. The van der Waals surface area contributed by atoms with E-state index < -0.39 is 6.04 Å². The Labute approximate surface area is 275 Å². The number of hydrogen-bond acceptors (Lipinski definition) is 7. The van der Waals surface area contributed by atoms with Gasteiger partial charge in [0.25, 0.3) is 11.5 Å². The van der Waals surface area contributed by atoms with Gasteiger partial charge in [-0.2, -0.15) is 0 Å². The number of carbonyl (C=O) groups excluding carboxylic acids is 1. The Hall–Kier alpha value is -4.60. The Balaban J connectivity index is 1.43. The second-order valence-corrected chi connectivity index (χ2v) is 13.4. The minimum absolute atomic E-state index is 0.128. The van der Waals surface area contributed by atoms with Gasteiger partial charge in [-0.15, -0.1) is 0 Å². The van der Waals surface area contributed by atoms with Gasteiger partial charge in [-0.1, -0.05) is 71.6 Å². The van der Waals surface area contributed by atoms with Crippen LogP contribution in [0.3, 0.4) is 0 Å². The lowest BCUT2D eigenvalue weighted by Gasteiger charge is -2.30. The van der Waals surface area contributed by atoms with Crippen molar-refractivity contribution >= 4 is 57.2 Å². The lowest BCUT2D eigenvalue weighted by molar-refractivity contribution is -0.127. The van der Waals surface area contributed by atoms with Crippen molar-refractivity contribution in [2.24, 2.45) is 4.99 Å². The number of anilines is 2. The molecule has 1 aromatic heterocycles. The van der Waals surface area contributed by atoms with Gasteiger partial charge in [0.1, 0.15) is 11.8 Å². The average molecular weight is 647 g/mol. The molecule has 46 heavy (non-hydrogen) atoms. The van der Waals surface area contributed by atoms with Crippen LogP contribution in [0.25, 0.3) is 16.8 Å². The summed E-state index contributed by atoms with van der Waals surface area (Å²) >= 11 is 3.08. The van der Waals surface area contributed by atoms with Crippen molar-refractivity contribution in [3.63, 3.8) is 0 Å². The maximum absolute atomic E-state index is 14.5. The first-order chi connectivity index (χ1) is 22.3. The van der Waals surface area contributed by atoms with Crippen LogP contribution in [0, 0.1) is 0 Å². The van der Waals surface area contributed by atoms with Crippen LogP contribution in [0.4, 0.5) is 11.4 Å². The van der Waals surface area contributed by atoms with Gasteiger partial charge in [-0.25, -0.2) is 4.99 Å². The minimum Gasteiger partial charge on any atom is -0.496 e. The van der Waals surface area contributed by atoms with E-state index in [0.29, 0.717) is 39.4 Å². The second-order valence-electron chi connectivity index (χ2n) is 11.3. The molecule has 1 atom stereocenters. The largest absolute Gasteiger partial charge is 0.496 e. The molecule has 0 saturated heterocycles. The highest BCUT2D eigenvalue weighted by Crippen LogP contribution is 2.47. The van der Waals surface area contributed by atoms with Gasteiger partial charge in [0.15, 0.2) is 4.80 Å². The van der Waals surface area contributed by atoms with E-state index in [0.717, 1.165) is 32.5 Å². The fourth-order valence-corrected chi connectivity index (χ4v) is 8.73. The molecule has 0 unspecified atom stereocenters. The molecule has 4 aromatic carbocycles. The standard InChI is InChI=1S/C37H34N4O3S2/c1-6-40(7-2)36(43)32-22(3)38-37-41(34(32)33-25-13-9-8-12-24(25)17-19-28(33)44-5)35(42)31(46-37)21-23-16-18-27-30(20-23)45-29-15-11-10-14-26(29)39(27)4/h8-21,34H,6-7H2,1-5H3/b31-21-/t34-/m0/s1. The number of methoxy groups -OCH3 is 1. The third-order valence-corrected chi connectivity index (χ3v) is 10.9. The molecule has 7 nitrogen and oxygen atoms in total. The maximum Gasteiger partial charge on any atom is 0.271 e. The first kappa shape index (κ1) is 30.1. The Morgan fingerprint density at radius 3 is 2.50 bits per heavy atom. The van der Waals surface area contributed by atoms with Gasteiger partial charge in [0.05, 0.1) is 34.3 Å². The second kappa shape index (κ2) is 12.0. The molecule has 0 bridgehead atoms. The number of carbonyl (C=O) groups is 1. The third kappa shape index (κ3) is 4.85. The van der Waals surface area contributed by atoms with Crippen LogP contribution in [-0.4, -0.2) is 42.6 Å². The Bertz CT molecular complexity index is 2250. The predicted octanol–water partition coefficient (Wildman–Crippen LogP) is 6.50. The van der Waals surface area contributed by atoms with Gasteiger partial charge < -0.3 is 14.5 Å². The monoisotopic (exact) mass is 646 g/mol. The molecule has 0 fully saturated rings. The number of likely N-dealkylation sites (N-methyl/N-ethyl adjacent to an activating group) is 1. The number of nitrogens with zero attached hydrogens (tertiary/aromatic N) is 4. The summed E-state index contributed by atoms with van der Waals surface area (Å²) in [5.74, 6) is 0.491. The van der Waals surface area contributed by atoms with Crippen molar-refractivity contribution in [3.8, 4) is 5.75 Å². The molecule has 7 rings (SSSR count). The molecule has 2 aliphatic heterocycles. The number of benzene rings is 4. The zero-order valence-corrected chi connectivity index (χ0v) is 28.0. The summed E-state index contributed by atoms with van der Waals surface area (Å²) in [6, 6.07) is 25.9. The fraction of sp³-hybridized carbons (Fsp3) is 0.216. The van der Waals surface area contributed by atoms with Crippen LogP contribution >= 0.6 is 23.1 Å². The van der Waals surface area contributed by atoms with Crippen molar-refractivity contribution in [1.82, 2.24) is 9.47 Å². The van der Waals surface area contributed by atoms with Gasteiger partial charge in [-0.05, 0) is 73.5 Å². The van der Waals surface area contributed by atoms with Crippen LogP contribution in [0.15, 0.2) is 110 Å². The number of allylic oxidation sites excluding steroid dienone is 1. The van der Waals surface area contributed by atoms with Crippen LogP contribution in [0.2, 0.25) is 0 Å². The molecular formula is C37H34N4O3S2. The Morgan fingerprint density at radius 2 is 1.72 bits per heavy atom. The summed E-state index contributed by atoms with van der Waals surface area (Å²) in [5.41, 5.74) is 4.93. The predicted molar refractivity (Wildman–Crippen MR) is 187 cm³/mol. The average Bonchev–Trinajstić information content (AvgIpc) is 3.37. The summed E-state index contributed by atoms with van der Waals surface area (Å²) in [6.07, 6.45) is 1.94. The molecule has 0 N–H and O–H groups in total. The highest BCUT2D eigenvalue weighted by Gasteiger charge is 2.36. The summed E-state index contributed by atoms with van der Waals surface area (Å²) in [6.45, 7) is 6.89. The SMILES string of the molecule is CCN(CC)C(=O)C1=C(C)N=c2s/c(=C\c3ccc4c(c3)Sc3ccccc3N4C)c(=O)n2[C@@H]1c1c(OC)ccc2ccccc12. The van der Waals surface area contributed by atoms with E-state index in [9.17, 15) is 9.59 Å². The molecule has 0 saturated carbocycles. The fourth-order valence-electron chi connectivity index (χ4n) is 6.48. The summed E-state index contributed by atoms with van der Waals surface area (Å²) in [7, 11) is 3.71. The van der Waals surface area contributed by atoms with Crippen molar-refractivity contribution in [3.05, 3.63) is 121 Å². The van der Waals surface area contributed by atoms with E-state index in [1.165, 1.54) is 21.9 Å². The van der Waals surface area contributed by atoms with E-state index in [-0.39, 0.29) is 11.5 Å². The third-order valence-electron chi connectivity index (χ3n) is 8.82. The number of hydrogen-bond donors (Lipinski definition) is 0. The Morgan fingerprint density at radius 1 is 0.978 bits per heavy atom. The quantitative estimate of drug-likeness (QED) is 0.211. The molecule has 9 heteroatoms. The lowest BCUT2D eigenvalue weighted by Crippen LogP contribution is -2.43. The number of thiazole rings is 1. The molecule has 0 spiro atoms. The van der Waals surface area contributed by atoms with Crippen LogP contribution in [-0.2, 0) is 4.79 Å². The smallest absolute Gasteiger partial charge is 0.271 e. The molecule has 0 radical (unpaired) electrons. The highest BCUT2D eigenvalue weighted by atomic mass is 32.2. The van der Waals surface area contributed by atoms with Gasteiger partial charge >= 0.3 is 0 Å². The number of para-hydroxylation sites is 1. The van der Waals surface area contributed by atoms with E-state index in [2.05, 4.69) is 48.3 Å². The zero-order chi connectivity index (χ0) is 32.1. The van der Waals surface area contributed by atoms with Gasteiger partial charge in [0, 0.05) is 35.5 Å². The summed E-state index contributed by atoms with van der Waals surface area (Å²) < 4.78 is 8.18. The normalized spacial score (nSPS) is 15.7. The topological polar surface area (TPSA) is 67.1 Å². The van der Waals surface area contributed by atoms with E-state index in [4.69, 9.17) is 9.73 Å². The molecule has 3 heterocycles. The first-order valence-electron chi connectivity index (χ1n) is 15.4. The van der Waals surface area contributed by atoms with E-state index in [1.807, 2.05) is 69.3 Å². The van der Waals surface area contributed by atoms with E-state index >= 15 is 0 Å². The molecule has 232 valence electrons. The molecule has 0 aliphatic carbocycles. The van der Waals surface area contributed by atoms with Crippen molar-refractivity contribution < 1.29 is 9.53 Å². The van der Waals surface area contributed by atoms with Gasteiger partial charge in [-0.3, -0.25) is 14.2 Å². The van der Waals surface area contributed by atoms with Gasteiger partial charge in [0.2, 0.25) is 0 Å². The first-order valence-corrected chi connectivity index (χ1v) is 17.0. The van der Waals surface area contributed by atoms with Crippen LogP contribution in [0.5, 0.6) is 5.75 Å². The lowest BCUT2D eigenvalue weighted by atomic mass is 9.90.